The van der Waals surface area contributed by atoms with Gasteiger partial charge in [0.05, 0.1) is 0 Å². The van der Waals surface area contributed by atoms with Crippen LogP contribution in [0.15, 0.2) is 33.2 Å². The molecule has 0 saturated heterocycles. The normalized spacial score (nSPS) is 10.8. The van der Waals surface area contributed by atoms with Crippen molar-refractivity contribution >= 4 is 37.9 Å². The molecule has 58 valence electrons. The molecule has 0 N–H and O–H groups in total. The first-order valence-corrected chi connectivity index (χ1v) is 4.90. The third kappa shape index (κ3) is 2.46. The summed E-state index contributed by atoms with van der Waals surface area (Å²) in [7, 11) is 0. The van der Waals surface area contributed by atoms with Gasteiger partial charge >= 0.3 is 0 Å². The lowest BCUT2D eigenvalue weighted by molar-refractivity contribution is 1.55. The van der Waals surface area contributed by atoms with Crippen molar-refractivity contribution in [2.45, 2.75) is 6.92 Å². The molecule has 0 bridgehead atoms. The summed E-state index contributed by atoms with van der Waals surface area (Å²) in [5, 5.41) is 0. The molecule has 1 rings (SSSR count). The number of allylic oxidation sites excluding steroid dienone is 1. The van der Waals surface area contributed by atoms with Crippen molar-refractivity contribution < 1.29 is 0 Å². The summed E-state index contributed by atoms with van der Waals surface area (Å²) in [5.41, 5.74) is 1.20. The minimum Gasteiger partial charge on any atom is -0.0870 e. The number of rotatable bonds is 1. The maximum atomic E-state index is 3.47. The van der Waals surface area contributed by atoms with Crippen LogP contribution in [-0.4, -0.2) is 0 Å². The Morgan fingerprint density at radius 3 is 2.55 bits per heavy atom. The van der Waals surface area contributed by atoms with Gasteiger partial charge in [-0.05, 0) is 24.6 Å². The van der Waals surface area contributed by atoms with Gasteiger partial charge in [0.1, 0.15) is 0 Å². The van der Waals surface area contributed by atoms with Gasteiger partial charge in [-0.3, -0.25) is 0 Å². The van der Waals surface area contributed by atoms with Crippen LogP contribution < -0.4 is 0 Å². The number of hydrogen-bond acceptors (Lipinski definition) is 0. The average Bonchev–Trinajstić information content (AvgIpc) is 1.95. The van der Waals surface area contributed by atoms with Gasteiger partial charge in [0.2, 0.25) is 0 Å². The van der Waals surface area contributed by atoms with Crippen LogP contribution >= 0.6 is 31.9 Å². The highest BCUT2D eigenvalue weighted by Gasteiger charge is 1.94. The molecule has 0 aliphatic heterocycles. The van der Waals surface area contributed by atoms with E-state index in [1.54, 1.807) is 0 Å². The van der Waals surface area contributed by atoms with Gasteiger partial charge < -0.3 is 0 Å². The predicted octanol–water partition coefficient (Wildman–Crippen LogP) is 4.24. The number of benzene rings is 1. The maximum absolute atomic E-state index is 3.47. The van der Waals surface area contributed by atoms with Crippen molar-refractivity contribution in [2.75, 3.05) is 0 Å². The van der Waals surface area contributed by atoms with Crippen LogP contribution in [-0.2, 0) is 0 Å². The second kappa shape index (κ2) is 4.07. The lowest BCUT2D eigenvalue weighted by Crippen LogP contribution is -1.74. The molecule has 0 aromatic heterocycles. The third-order valence-corrected chi connectivity index (χ3v) is 2.49. The lowest BCUT2D eigenvalue weighted by atomic mass is 10.2. The molecule has 0 atom stereocenters. The van der Waals surface area contributed by atoms with E-state index in [4.69, 9.17) is 0 Å². The topological polar surface area (TPSA) is 0 Å². The summed E-state index contributed by atoms with van der Waals surface area (Å²) in [5.74, 6) is 0. The van der Waals surface area contributed by atoms with Crippen molar-refractivity contribution in [3.63, 3.8) is 0 Å². The Labute approximate surface area is 83.6 Å². The van der Waals surface area contributed by atoms with Gasteiger partial charge in [-0.15, -0.1) is 0 Å². The summed E-state index contributed by atoms with van der Waals surface area (Å²) >= 11 is 6.86. The van der Waals surface area contributed by atoms with E-state index in [1.165, 1.54) is 5.56 Å². The predicted molar refractivity (Wildman–Crippen MR) is 56.6 cm³/mol. The molecule has 0 nitrogen and oxygen atoms in total. The second-order valence-corrected chi connectivity index (χ2v) is 3.94. The smallest absolute Gasteiger partial charge is 0.0258 e. The average molecular weight is 276 g/mol. The van der Waals surface area contributed by atoms with Crippen molar-refractivity contribution in [2.24, 2.45) is 0 Å². The van der Waals surface area contributed by atoms with Crippen molar-refractivity contribution in [1.29, 1.82) is 0 Å². The zero-order valence-electron chi connectivity index (χ0n) is 6.14. The third-order valence-electron chi connectivity index (χ3n) is 1.31. The van der Waals surface area contributed by atoms with Crippen LogP contribution in [0.3, 0.4) is 0 Å². The Hall–Kier alpha value is -0.0800. The molecular weight excluding hydrogens is 268 g/mol. The van der Waals surface area contributed by atoms with Crippen LogP contribution in [0.1, 0.15) is 12.5 Å². The molecule has 11 heavy (non-hydrogen) atoms. The summed E-state index contributed by atoms with van der Waals surface area (Å²) < 4.78 is 2.21. The Morgan fingerprint density at radius 1 is 1.27 bits per heavy atom. The molecule has 0 fully saturated rings. The van der Waals surface area contributed by atoms with Crippen molar-refractivity contribution in [3.8, 4) is 0 Å². The van der Waals surface area contributed by atoms with Gasteiger partial charge in [0.25, 0.3) is 0 Å². The molecule has 0 amide bonds. The van der Waals surface area contributed by atoms with E-state index in [2.05, 4.69) is 44.0 Å². The summed E-state index contributed by atoms with van der Waals surface area (Å²) in [6.07, 6.45) is 4.09. The van der Waals surface area contributed by atoms with Gasteiger partial charge in [-0.1, -0.05) is 50.1 Å². The van der Waals surface area contributed by atoms with E-state index in [1.807, 2.05) is 25.1 Å². The van der Waals surface area contributed by atoms with E-state index in [0.717, 1.165) is 8.95 Å². The molecule has 1 aromatic rings. The molecule has 0 unspecified atom stereocenters. The largest absolute Gasteiger partial charge is 0.0870 e. The monoisotopic (exact) mass is 274 g/mol. The molecule has 0 aliphatic rings. The molecule has 0 radical (unpaired) electrons. The molecular formula is C9H8Br2. The quantitative estimate of drug-likeness (QED) is 0.719. The van der Waals surface area contributed by atoms with E-state index in [0.29, 0.717) is 0 Å². The fourth-order valence-corrected chi connectivity index (χ4v) is 2.00. The van der Waals surface area contributed by atoms with Gasteiger partial charge in [0.15, 0.2) is 0 Å². The minimum absolute atomic E-state index is 1.10. The SMILES string of the molecule is CC=Cc1ccc(Br)cc1Br. The maximum Gasteiger partial charge on any atom is 0.0258 e. The molecule has 0 saturated carbocycles. The zero-order chi connectivity index (χ0) is 8.27. The first kappa shape index (κ1) is 9.01. The summed E-state index contributed by atoms with van der Waals surface area (Å²) in [6.45, 7) is 2.01. The molecule has 0 aliphatic carbocycles. The van der Waals surface area contributed by atoms with E-state index in [9.17, 15) is 0 Å². The first-order valence-electron chi connectivity index (χ1n) is 3.32. The Morgan fingerprint density at radius 2 is 2.00 bits per heavy atom. The first-order chi connectivity index (χ1) is 5.24. The van der Waals surface area contributed by atoms with Crippen molar-refractivity contribution in [1.82, 2.24) is 0 Å². The van der Waals surface area contributed by atoms with Gasteiger partial charge in [0, 0.05) is 8.95 Å². The van der Waals surface area contributed by atoms with Crippen LogP contribution in [0.25, 0.3) is 6.08 Å². The molecule has 0 heterocycles. The van der Waals surface area contributed by atoms with E-state index >= 15 is 0 Å². The lowest BCUT2D eigenvalue weighted by Gasteiger charge is -1.97. The Kier molecular flexibility index (Phi) is 3.34. The Bertz CT molecular complexity index is 277. The Balaban J connectivity index is 3.09. The zero-order valence-corrected chi connectivity index (χ0v) is 9.31. The number of hydrogen-bond donors (Lipinski definition) is 0. The van der Waals surface area contributed by atoms with Crippen molar-refractivity contribution in [3.05, 3.63) is 38.8 Å². The fraction of sp³-hybridized carbons (Fsp3) is 0.111. The van der Waals surface area contributed by atoms with Crippen LogP contribution in [0.4, 0.5) is 0 Å². The van der Waals surface area contributed by atoms with E-state index < -0.39 is 0 Å². The molecule has 2 heteroatoms. The summed E-state index contributed by atoms with van der Waals surface area (Å²) in [4.78, 5) is 0. The van der Waals surface area contributed by atoms with E-state index in [-0.39, 0.29) is 0 Å². The summed E-state index contributed by atoms with van der Waals surface area (Å²) in [6, 6.07) is 6.13. The van der Waals surface area contributed by atoms with Gasteiger partial charge in [-0.2, -0.15) is 0 Å². The van der Waals surface area contributed by atoms with Gasteiger partial charge in [-0.25, -0.2) is 0 Å². The molecule has 1 aromatic carbocycles. The van der Waals surface area contributed by atoms with Crippen LogP contribution in [0.5, 0.6) is 0 Å². The highest BCUT2D eigenvalue weighted by atomic mass is 79.9. The second-order valence-electron chi connectivity index (χ2n) is 2.17. The van der Waals surface area contributed by atoms with Crippen LogP contribution in [0.2, 0.25) is 0 Å². The van der Waals surface area contributed by atoms with Crippen LogP contribution in [0, 0.1) is 0 Å². The fourth-order valence-electron chi connectivity index (χ4n) is 0.816. The standard InChI is InChI=1S/C9H8Br2/c1-2-3-7-4-5-8(10)6-9(7)11/h2-6H,1H3. The highest BCUT2D eigenvalue weighted by Crippen LogP contribution is 2.22. The number of halogens is 2. The minimum atomic E-state index is 1.10. The molecule has 0 spiro atoms. The highest BCUT2D eigenvalue weighted by molar-refractivity contribution is 9.11.